The topological polar surface area (TPSA) is 80.3 Å². The number of piperidine rings is 1. The highest BCUT2D eigenvalue weighted by Gasteiger charge is 2.56. The van der Waals surface area contributed by atoms with Gasteiger partial charge in [0.05, 0.1) is 38.4 Å². The lowest BCUT2D eigenvalue weighted by atomic mass is 9.84. The first kappa shape index (κ1) is 20.3. The van der Waals surface area contributed by atoms with E-state index in [2.05, 4.69) is 21.7 Å². The van der Waals surface area contributed by atoms with Gasteiger partial charge in [0.15, 0.2) is 0 Å². The molecule has 1 unspecified atom stereocenters. The number of carbonyl (C=O) groups is 1. The summed E-state index contributed by atoms with van der Waals surface area (Å²) in [5, 5.41) is 6.43. The predicted octanol–water partition coefficient (Wildman–Crippen LogP) is 2.88. The fraction of sp³-hybridized carbons (Fsp3) is 0.545. The number of thiophene rings is 1. The predicted molar refractivity (Wildman–Crippen MR) is 117 cm³/mol. The van der Waals surface area contributed by atoms with Crippen LogP contribution in [0.1, 0.15) is 58.4 Å². The third kappa shape index (κ3) is 3.75. The molecule has 5 rings (SSSR count). The van der Waals surface area contributed by atoms with E-state index in [9.17, 15) is 9.00 Å². The van der Waals surface area contributed by atoms with Gasteiger partial charge in [-0.1, -0.05) is 6.92 Å². The molecule has 160 valence electrons. The summed E-state index contributed by atoms with van der Waals surface area (Å²) < 4.78 is 18.5. The van der Waals surface area contributed by atoms with Crippen LogP contribution in [-0.2, 0) is 34.1 Å². The van der Waals surface area contributed by atoms with E-state index in [-0.39, 0.29) is 17.1 Å². The Balaban J connectivity index is 1.31. The zero-order valence-corrected chi connectivity index (χ0v) is 18.8. The van der Waals surface area contributed by atoms with Crippen molar-refractivity contribution in [1.82, 2.24) is 15.6 Å². The van der Waals surface area contributed by atoms with E-state index in [0.29, 0.717) is 12.3 Å². The molecule has 2 aliphatic heterocycles. The van der Waals surface area contributed by atoms with Crippen LogP contribution in [0, 0.1) is 0 Å². The molecule has 1 amide bonds. The summed E-state index contributed by atoms with van der Waals surface area (Å²) in [7, 11) is -1.01. The van der Waals surface area contributed by atoms with Crippen molar-refractivity contribution in [3.05, 3.63) is 45.4 Å². The lowest BCUT2D eigenvalue weighted by molar-refractivity contribution is -0.138. The minimum absolute atomic E-state index is 0.0173. The first-order chi connectivity index (χ1) is 14.5. The third-order valence-corrected chi connectivity index (χ3v) is 9.00. The number of amides is 1. The second kappa shape index (κ2) is 7.82. The summed E-state index contributed by atoms with van der Waals surface area (Å²) in [5.74, 6) is 0.509. The van der Waals surface area contributed by atoms with Crippen LogP contribution in [-0.4, -0.2) is 39.5 Å². The van der Waals surface area contributed by atoms with Gasteiger partial charge in [-0.15, -0.1) is 11.3 Å². The summed E-state index contributed by atoms with van der Waals surface area (Å²) >= 11 is 1.60. The van der Waals surface area contributed by atoms with Crippen molar-refractivity contribution in [2.45, 2.75) is 61.7 Å². The minimum atomic E-state index is -1.01. The van der Waals surface area contributed by atoms with Gasteiger partial charge in [-0.25, -0.2) is 0 Å². The third-order valence-electron chi connectivity index (χ3n) is 6.34. The fourth-order valence-corrected chi connectivity index (χ4v) is 6.56. The number of hydrogen-bond acceptors (Lipinski definition) is 6. The molecule has 0 aromatic carbocycles. The van der Waals surface area contributed by atoms with Gasteiger partial charge >= 0.3 is 0 Å². The largest absolute Gasteiger partial charge is 0.363 e. The molecule has 6 nitrogen and oxygen atoms in total. The summed E-state index contributed by atoms with van der Waals surface area (Å²) in [4.78, 5) is 20.0. The van der Waals surface area contributed by atoms with Gasteiger partial charge < -0.3 is 15.4 Å². The molecule has 2 N–H and O–H groups in total. The first-order valence-corrected chi connectivity index (χ1v) is 12.8. The van der Waals surface area contributed by atoms with E-state index in [1.165, 1.54) is 10.4 Å². The van der Waals surface area contributed by atoms with E-state index >= 15 is 0 Å². The fourth-order valence-electron chi connectivity index (χ4n) is 4.55. The molecule has 1 saturated heterocycles. The Morgan fingerprint density at radius 2 is 2.10 bits per heavy atom. The average Bonchev–Trinajstić information content (AvgIpc) is 3.35. The molecular formula is C22H27N3O3S2. The molecular weight excluding hydrogens is 418 g/mol. The summed E-state index contributed by atoms with van der Waals surface area (Å²) in [5.41, 5.74) is 1.87. The van der Waals surface area contributed by atoms with E-state index in [4.69, 9.17) is 4.74 Å². The lowest BCUT2D eigenvalue weighted by Crippen LogP contribution is -2.47. The number of rotatable bonds is 5. The number of fused-ring (bicyclic) bond motifs is 2. The smallest absolute Gasteiger partial charge is 0.261 e. The van der Waals surface area contributed by atoms with Gasteiger partial charge in [-0.2, -0.15) is 0 Å². The number of nitrogens with zero attached hydrogens (tertiary/aromatic N) is 1. The molecule has 1 aliphatic carbocycles. The van der Waals surface area contributed by atoms with Crippen LogP contribution in [0.5, 0.6) is 0 Å². The first-order valence-electron chi connectivity index (χ1n) is 10.7. The molecule has 0 bridgehead atoms. The Morgan fingerprint density at radius 1 is 1.30 bits per heavy atom. The van der Waals surface area contributed by atoms with Crippen molar-refractivity contribution in [2.75, 3.05) is 18.8 Å². The van der Waals surface area contributed by atoms with Crippen molar-refractivity contribution < 1.29 is 13.7 Å². The summed E-state index contributed by atoms with van der Waals surface area (Å²) in [6, 6.07) is 5.74. The Hall–Kier alpha value is -1.61. The van der Waals surface area contributed by atoms with Gasteiger partial charge in [0, 0.05) is 23.2 Å². The van der Waals surface area contributed by atoms with E-state index < -0.39 is 10.8 Å². The Labute approximate surface area is 183 Å². The molecule has 1 atom stereocenters. The van der Waals surface area contributed by atoms with Crippen LogP contribution in [0.25, 0.3) is 0 Å². The molecule has 2 spiro atoms. The highest BCUT2D eigenvalue weighted by Crippen LogP contribution is 2.56. The van der Waals surface area contributed by atoms with Crippen LogP contribution in [0.4, 0.5) is 0 Å². The Morgan fingerprint density at radius 3 is 2.77 bits per heavy atom. The molecule has 4 heterocycles. The van der Waals surface area contributed by atoms with Gasteiger partial charge in [0.1, 0.15) is 5.60 Å². The zero-order chi connectivity index (χ0) is 20.8. The van der Waals surface area contributed by atoms with Crippen LogP contribution >= 0.6 is 11.3 Å². The number of pyridine rings is 1. The standard InChI is InChI=1S/C22H27N3O3S2/c1-2-30(27)17-4-3-16(24-14-17)13-25-20(26)18-11-15-12-21(5-6-21)28-22(19(15)29-18)7-9-23-10-8-22/h3-4,11,14,23H,2,5-10,12-13H2,1H3,(H,25,26). The molecule has 2 fully saturated rings. The van der Waals surface area contributed by atoms with E-state index in [1.54, 1.807) is 17.5 Å². The van der Waals surface area contributed by atoms with Crippen LogP contribution in [0.3, 0.4) is 0 Å². The van der Waals surface area contributed by atoms with Gasteiger partial charge in [0.2, 0.25) is 0 Å². The highest BCUT2D eigenvalue weighted by molar-refractivity contribution is 7.85. The summed E-state index contributed by atoms with van der Waals surface area (Å²) in [6.45, 7) is 4.16. The van der Waals surface area contributed by atoms with Gasteiger partial charge in [-0.3, -0.25) is 14.0 Å². The second-order valence-corrected chi connectivity index (χ2v) is 11.3. The van der Waals surface area contributed by atoms with Crippen molar-refractivity contribution in [3.8, 4) is 0 Å². The Bertz CT molecular complexity index is 976. The summed E-state index contributed by atoms with van der Waals surface area (Å²) in [6.07, 6.45) is 6.77. The quantitative estimate of drug-likeness (QED) is 0.740. The monoisotopic (exact) mass is 445 g/mol. The van der Waals surface area contributed by atoms with Crippen molar-refractivity contribution >= 4 is 28.0 Å². The van der Waals surface area contributed by atoms with Crippen LogP contribution in [0.2, 0.25) is 0 Å². The Kier molecular flexibility index (Phi) is 5.29. The van der Waals surface area contributed by atoms with Crippen LogP contribution in [0.15, 0.2) is 29.3 Å². The number of nitrogens with one attached hydrogen (secondary N) is 2. The van der Waals surface area contributed by atoms with Gasteiger partial charge in [-0.05, 0) is 62.5 Å². The lowest BCUT2D eigenvalue weighted by Gasteiger charge is -2.44. The zero-order valence-electron chi connectivity index (χ0n) is 17.2. The minimum Gasteiger partial charge on any atom is -0.363 e. The molecule has 8 heteroatoms. The maximum atomic E-state index is 12.9. The van der Waals surface area contributed by atoms with Crippen molar-refractivity contribution in [2.24, 2.45) is 0 Å². The van der Waals surface area contributed by atoms with Crippen LogP contribution < -0.4 is 10.6 Å². The van der Waals surface area contributed by atoms with E-state index in [0.717, 1.165) is 60.7 Å². The molecule has 3 aliphatic rings. The number of hydrogen-bond donors (Lipinski definition) is 2. The SMILES string of the molecule is CCS(=O)c1ccc(CNC(=O)c2cc3c(s2)C2(CCNCC2)OC2(CC2)C3)nc1. The number of aromatic nitrogens is 1. The maximum absolute atomic E-state index is 12.9. The second-order valence-electron chi connectivity index (χ2n) is 8.47. The molecule has 1 saturated carbocycles. The molecule has 0 radical (unpaired) electrons. The maximum Gasteiger partial charge on any atom is 0.261 e. The normalized spacial score (nSPS) is 21.9. The number of carbonyl (C=O) groups excluding carboxylic acids is 1. The van der Waals surface area contributed by atoms with Gasteiger partial charge in [0.25, 0.3) is 5.91 Å². The number of ether oxygens (including phenoxy) is 1. The average molecular weight is 446 g/mol. The van der Waals surface area contributed by atoms with E-state index in [1.807, 2.05) is 19.1 Å². The molecule has 2 aromatic rings. The highest BCUT2D eigenvalue weighted by atomic mass is 32.2. The van der Waals surface area contributed by atoms with Crippen molar-refractivity contribution in [1.29, 1.82) is 0 Å². The molecule has 2 aromatic heterocycles. The molecule has 30 heavy (non-hydrogen) atoms. The van der Waals surface area contributed by atoms with Crippen molar-refractivity contribution in [3.63, 3.8) is 0 Å².